The predicted molar refractivity (Wildman–Crippen MR) is 119 cm³/mol. The van der Waals surface area contributed by atoms with E-state index in [4.69, 9.17) is 4.52 Å². The van der Waals surface area contributed by atoms with Gasteiger partial charge in [0.25, 0.3) is 11.5 Å². The molecule has 4 rings (SSSR count). The van der Waals surface area contributed by atoms with Crippen LogP contribution >= 0.6 is 11.8 Å². The van der Waals surface area contributed by atoms with Crippen LogP contribution < -0.4 is 10.9 Å². The smallest absolute Gasteiger partial charge is 0.274 e. The molecule has 0 aromatic carbocycles. The molecule has 3 aromatic heterocycles. The van der Waals surface area contributed by atoms with Gasteiger partial charge in [0.1, 0.15) is 11.5 Å². The second-order valence-corrected chi connectivity index (χ2v) is 8.81. The zero-order valence-corrected chi connectivity index (χ0v) is 18.4. The number of carbonyl (C=O) groups is 1. The molecule has 9 heteroatoms. The number of carbonyl (C=O) groups excluding carboxylic acids is 1. The van der Waals surface area contributed by atoms with Gasteiger partial charge in [-0.1, -0.05) is 18.1 Å². The van der Waals surface area contributed by atoms with Crippen molar-refractivity contribution in [1.29, 1.82) is 0 Å². The predicted octanol–water partition coefficient (Wildman–Crippen LogP) is 3.17. The van der Waals surface area contributed by atoms with E-state index in [1.165, 1.54) is 6.07 Å². The summed E-state index contributed by atoms with van der Waals surface area (Å²) in [6.07, 6.45) is 6.89. The van der Waals surface area contributed by atoms with Crippen molar-refractivity contribution in [1.82, 2.24) is 25.4 Å². The summed E-state index contributed by atoms with van der Waals surface area (Å²) in [5.41, 5.74) is 2.01. The summed E-state index contributed by atoms with van der Waals surface area (Å²) in [4.78, 5) is 37.0. The van der Waals surface area contributed by atoms with Crippen molar-refractivity contribution >= 4 is 17.7 Å². The van der Waals surface area contributed by atoms with Crippen LogP contribution in [0.1, 0.15) is 53.3 Å². The van der Waals surface area contributed by atoms with E-state index in [1.807, 2.05) is 12.3 Å². The molecule has 1 amide bonds. The molecule has 1 aliphatic rings. The molecule has 3 heterocycles. The van der Waals surface area contributed by atoms with Gasteiger partial charge in [0.2, 0.25) is 0 Å². The van der Waals surface area contributed by atoms with Gasteiger partial charge in [0.15, 0.2) is 11.5 Å². The van der Waals surface area contributed by atoms with Gasteiger partial charge in [-0.05, 0) is 49.3 Å². The van der Waals surface area contributed by atoms with Crippen LogP contribution in [0.4, 0.5) is 0 Å². The van der Waals surface area contributed by atoms with Gasteiger partial charge < -0.3 is 14.8 Å². The molecule has 0 saturated heterocycles. The highest BCUT2D eigenvalue weighted by Crippen LogP contribution is 2.28. The second kappa shape index (κ2) is 9.47. The minimum Gasteiger partial charge on any atom is -0.360 e. The van der Waals surface area contributed by atoms with E-state index in [0.717, 1.165) is 36.3 Å². The standard InChI is InChI=1S/C22H25N5O3S/c1-13-6-7-18-14(11-13)20(27-30-18)22(29)25-15(8-10-31-2)17-12-19(28)26-21(24-17)16-5-3-4-9-23-16/h3-5,9,12-13,15H,6-8,10-11H2,1-2H3,(H,25,29)(H,24,26,28)/t13-,15+/m0/s1. The Morgan fingerprint density at radius 1 is 1.42 bits per heavy atom. The van der Waals surface area contributed by atoms with Crippen LogP contribution in [0, 0.1) is 5.92 Å². The molecule has 0 radical (unpaired) electrons. The number of aromatic amines is 1. The average molecular weight is 440 g/mol. The summed E-state index contributed by atoms with van der Waals surface area (Å²) in [5, 5.41) is 7.08. The molecule has 8 nitrogen and oxygen atoms in total. The van der Waals surface area contributed by atoms with Crippen LogP contribution in [0.15, 0.2) is 39.8 Å². The van der Waals surface area contributed by atoms with E-state index < -0.39 is 6.04 Å². The highest BCUT2D eigenvalue weighted by atomic mass is 32.2. The lowest BCUT2D eigenvalue weighted by Gasteiger charge is -2.19. The number of hydrogen-bond donors (Lipinski definition) is 2. The molecule has 0 aliphatic heterocycles. The average Bonchev–Trinajstić information content (AvgIpc) is 3.20. The largest absolute Gasteiger partial charge is 0.360 e. The summed E-state index contributed by atoms with van der Waals surface area (Å²) in [7, 11) is 0. The van der Waals surface area contributed by atoms with Crippen molar-refractivity contribution in [3.05, 3.63) is 63.5 Å². The van der Waals surface area contributed by atoms with Crippen LogP contribution in [0.5, 0.6) is 0 Å². The maximum absolute atomic E-state index is 13.1. The molecule has 0 spiro atoms. The van der Waals surface area contributed by atoms with E-state index >= 15 is 0 Å². The molecule has 2 N–H and O–H groups in total. The number of pyridine rings is 1. The summed E-state index contributed by atoms with van der Waals surface area (Å²) in [5.74, 6) is 2.16. The first kappa shape index (κ1) is 21.3. The van der Waals surface area contributed by atoms with E-state index in [-0.39, 0.29) is 11.5 Å². The Bertz CT molecular complexity index is 1110. The topological polar surface area (TPSA) is 114 Å². The monoisotopic (exact) mass is 439 g/mol. The van der Waals surface area contributed by atoms with E-state index in [9.17, 15) is 9.59 Å². The summed E-state index contributed by atoms with van der Waals surface area (Å²) >= 11 is 1.67. The number of H-pyrrole nitrogens is 1. The van der Waals surface area contributed by atoms with Gasteiger partial charge in [-0.15, -0.1) is 0 Å². The minimum absolute atomic E-state index is 0.290. The van der Waals surface area contributed by atoms with Gasteiger partial charge in [-0.25, -0.2) is 4.98 Å². The number of nitrogens with zero attached hydrogens (tertiary/aromatic N) is 3. The molecule has 2 atom stereocenters. The van der Waals surface area contributed by atoms with Crippen LogP contribution in [0.3, 0.4) is 0 Å². The molecule has 3 aromatic rings. The van der Waals surface area contributed by atoms with E-state index in [0.29, 0.717) is 35.2 Å². The van der Waals surface area contributed by atoms with Crippen LogP contribution in [-0.2, 0) is 12.8 Å². The molecular weight excluding hydrogens is 414 g/mol. The maximum atomic E-state index is 13.1. The Labute approximate surface area is 184 Å². The molecule has 0 bridgehead atoms. The molecule has 31 heavy (non-hydrogen) atoms. The van der Waals surface area contributed by atoms with Gasteiger partial charge >= 0.3 is 0 Å². The molecular formula is C22H25N5O3S. The normalized spacial score (nSPS) is 16.5. The third kappa shape index (κ3) is 4.87. The zero-order chi connectivity index (χ0) is 21.8. The van der Waals surface area contributed by atoms with Crippen LogP contribution in [0.2, 0.25) is 0 Å². The van der Waals surface area contributed by atoms with Crippen molar-refractivity contribution in [2.24, 2.45) is 5.92 Å². The number of rotatable bonds is 7. The van der Waals surface area contributed by atoms with Crippen molar-refractivity contribution in [2.75, 3.05) is 12.0 Å². The highest BCUT2D eigenvalue weighted by Gasteiger charge is 2.28. The fourth-order valence-electron chi connectivity index (χ4n) is 3.79. The highest BCUT2D eigenvalue weighted by molar-refractivity contribution is 7.98. The number of aryl methyl sites for hydroxylation is 1. The van der Waals surface area contributed by atoms with Crippen molar-refractivity contribution < 1.29 is 9.32 Å². The van der Waals surface area contributed by atoms with Crippen molar-refractivity contribution in [3.63, 3.8) is 0 Å². The number of amides is 1. The summed E-state index contributed by atoms with van der Waals surface area (Å²) < 4.78 is 5.43. The number of hydrogen-bond acceptors (Lipinski definition) is 7. The van der Waals surface area contributed by atoms with Crippen LogP contribution in [0.25, 0.3) is 11.5 Å². The molecule has 0 fully saturated rings. The number of fused-ring (bicyclic) bond motifs is 1. The van der Waals surface area contributed by atoms with Gasteiger partial charge in [-0.3, -0.25) is 14.6 Å². The zero-order valence-electron chi connectivity index (χ0n) is 17.6. The van der Waals surface area contributed by atoms with E-state index in [2.05, 4.69) is 32.3 Å². The first-order valence-corrected chi connectivity index (χ1v) is 11.7. The van der Waals surface area contributed by atoms with Crippen LogP contribution in [-0.4, -0.2) is 38.0 Å². The number of nitrogens with one attached hydrogen (secondary N) is 2. The maximum Gasteiger partial charge on any atom is 0.274 e. The van der Waals surface area contributed by atoms with Crippen molar-refractivity contribution in [2.45, 2.75) is 38.6 Å². The van der Waals surface area contributed by atoms with Crippen molar-refractivity contribution in [3.8, 4) is 11.5 Å². The third-order valence-corrected chi connectivity index (χ3v) is 6.09. The van der Waals surface area contributed by atoms with E-state index in [1.54, 1.807) is 30.1 Å². The molecule has 0 saturated carbocycles. The molecule has 0 unspecified atom stereocenters. The lowest BCUT2D eigenvalue weighted by Crippen LogP contribution is -2.32. The fourth-order valence-corrected chi connectivity index (χ4v) is 4.26. The molecule has 162 valence electrons. The van der Waals surface area contributed by atoms with Gasteiger partial charge in [-0.2, -0.15) is 11.8 Å². The Morgan fingerprint density at radius 3 is 3.06 bits per heavy atom. The quantitative estimate of drug-likeness (QED) is 0.581. The fraction of sp³-hybridized carbons (Fsp3) is 0.409. The van der Waals surface area contributed by atoms with Gasteiger partial charge in [0, 0.05) is 24.2 Å². The lowest BCUT2D eigenvalue weighted by atomic mass is 9.88. The number of thioether (sulfide) groups is 1. The lowest BCUT2D eigenvalue weighted by molar-refractivity contribution is 0.0925. The Kier molecular flexibility index (Phi) is 6.50. The Morgan fingerprint density at radius 2 is 2.29 bits per heavy atom. The first-order valence-electron chi connectivity index (χ1n) is 10.3. The molecule has 1 aliphatic carbocycles. The SMILES string of the molecule is CSCC[C@@H](NC(=O)c1noc2c1C[C@@H](C)CC2)c1cc(=O)[nH]c(-c2ccccn2)n1. The third-order valence-electron chi connectivity index (χ3n) is 5.44. The summed E-state index contributed by atoms with van der Waals surface area (Å²) in [6.45, 7) is 2.16. The van der Waals surface area contributed by atoms with Gasteiger partial charge in [0.05, 0.1) is 11.7 Å². The summed E-state index contributed by atoms with van der Waals surface area (Å²) in [6, 6.07) is 6.40. The first-order chi connectivity index (χ1) is 15.0. The minimum atomic E-state index is -0.432. The Balaban J connectivity index is 1.63. The Hall–Kier alpha value is -2.94. The second-order valence-electron chi connectivity index (χ2n) is 7.82. The number of aromatic nitrogens is 4.